The van der Waals surface area contributed by atoms with E-state index in [1.165, 1.54) is 12.5 Å². The van der Waals surface area contributed by atoms with Gasteiger partial charge in [-0.25, -0.2) is 0 Å². The molecule has 1 aliphatic carbocycles. The molecule has 20 heavy (non-hydrogen) atoms. The fourth-order valence-corrected chi connectivity index (χ4v) is 3.57. The maximum absolute atomic E-state index is 12.6. The summed E-state index contributed by atoms with van der Waals surface area (Å²) in [6, 6.07) is 5.51. The summed E-state index contributed by atoms with van der Waals surface area (Å²) in [7, 11) is 0. The number of aryl methyl sites for hydroxylation is 1. The third-order valence-electron chi connectivity index (χ3n) is 4.60. The molecule has 1 aliphatic heterocycles. The number of fused-ring (bicyclic) bond motifs is 3. The summed E-state index contributed by atoms with van der Waals surface area (Å²) in [6.45, 7) is 1.30. The smallest absolute Gasteiger partial charge is 0.271 e. The second-order valence-electron chi connectivity index (χ2n) is 5.88. The zero-order valence-electron chi connectivity index (χ0n) is 11.3. The van der Waals surface area contributed by atoms with Crippen LogP contribution in [0.5, 0.6) is 0 Å². The van der Waals surface area contributed by atoms with Gasteiger partial charge in [0, 0.05) is 16.6 Å². The number of benzene rings is 1. The van der Waals surface area contributed by atoms with E-state index in [1.54, 1.807) is 10.6 Å². The van der Waals surface area contributed by atoms with Crippen LogP contribution < -0.4 is 0 Å². The number of rotatable bonds is 0. The van der Waals surface area contributed by atoms with Gasteiger partial charge in [-0.2, -0.15) is 0 Å². The van der Waals surface area contributed by atoms with E-state index in [4.69, 9.17) is 0 Å². The van der Waals surface area contributed by atoms with E-state index in [1.807, 2.05) is 12.1 Å². The Morgan fingerprint density at radius 2 is 1.95 bits per heavy atom. The Labute approximate surface area is 116 Å². The standard InChI is InChI=1S/C16H15NO3/c1-16(20)14(18)11-7-4-6-10-9-5-2-3-8-12(9)17(13(10)11)15(16)19/h4,6-7,20H,2-3,5,8H2,1H3. The first kappa shape index (κ1) is 11.9. The molecule has 4 rings (SSSR count). The predicted molar refractivity (Wildman–Crippen MR) is 74.2 cm³/mol. The van der Waals surface area contributed by atoms with E-state index in [9.17, 15) is 14.7 Å². The minimum atomic E-state index is -1.95. The van der Waals surface area contributed by atoms with Crippen molar-refractivity contribution >= 4 is 22.6 Å². The molecule has 1 N–H and O–H groups in total. The molecule has 1 aromatic carbocycles. The van der Waals surface area contributed by atoms with Crippen LogP contribution in [-0.2, 0) is 12.8 Å². The Bertz CT molecular complexity index is 783. The van der Waals surface area contributed by atoms with Gasteiger partial charge in [-0.3, -0.25) is 14.2 Å². The summed E-state index contributed by atoms with van der Waals surface area (Å²) in [4.78, 5) is 24.9. The minimum Gasteiger partial charge on any atom is -0.373 e. The van der Waals surface area contributed by atoms with Gasteiger partial charge in [0.05, 0.1) is 5.52 Å². The van der Waals surface area contributed by atoms with Crippen molar-refractivity contribution in [2.45, 2.75) is 38.2 Å². The van der Waals surface area contributed by atoms with Crippen molar-refractivity contribution in [3.63, 3.8) is 0 Å². The molecule has 0 saturated carbocycles. The number of ketones is 1. The van der Waals surface area contributed by atoms with Crippen LogP contribution in [0.2, 0.25) is 0 Å². The SMILES string of the molecule is CC1(O)C(=O)c2cccc3c4c(n(c23)C1=O)CCCC4. The van der Waals surface area contributed by atoms with Gasteiger partial charge in [0.25, 0.3) is 5.91 Å². The summed E-state index contributed by atoms with van der Waals surface area (Å²) in [5, 5.41) is 11.3. The Balaban J connectivity index is 2.20. The lowest BCUT2D eigenvalue weighted by atomic mass is 9.89. The van der Waals surface area contributed by atoms with Gasteiger partial charge >= 0.3 is 0 Å². The van der Waals surface area contributed by atoms with Crippen molar-refractivity contribution < 1.29 is 14.7 Å². The quantitative estimate of drug-likeness (QED) is 0.745. The monoisotopic (exact) mass is 269 g/mol. The fraction of sp³-hybridized carbons (Fsp3) is 0.375. The van der Waals surface area contributed by atoms with E-state index in [-0.39, 0.29) is 0 Å². The van der Waals surface area contributed by atoms with Gasteiger partial charge in [0.15, 0.2) is 0 Å². The second kappa shape index (κ2) is 3.58. The van der Waals surface area contributed by atoms with Crippen LogP contribution in [0.1, 0.15) is 46.2 Å². The third-order valence-corrected chi connectivity index (χ3v) is 4.60. The average molecular weight is 269 g/mol. The largest absolute Gasteiger partial charge is 0.373 e. The van der Waals surface area contributed by atoms with Crippen LogP contribution in [0.25, 0.3) is 10.9 Å². The van der Waals surface area contributed by atoms with Gasteiger partial charge in [-0.15, -0.1) is 0 Å². The Kier molecular flexibility index (Phi) is 2.12. The lowest BCUT2D eigenvalue weighted by molar-refractivity contribution is 0.0282. The maximum Gasteiger partial charge on any atom is 0.271 e. The number of carbonyl (C=O) groups excluding carboxylic acids is 2. The zero-order chi connectivity index (χ0) is 14.1. The molecule has 0 fully saturated rings. The maximum atomic E-state index is 12.6. The number of Topliss-reactive ketones (excluding diaryl/α,β-unsaturated/α-hetero) is 1. The van der Waals surface area contributed by atoms with Gasteiger partial charge < -0.3 is 5.11 Å². The zero-order valence-corrected chi connectivity index (χ0v) is 11.3. The first-order valence-electron chi connectivity index (χ1n) is 7.00. The summed E-state index contributed by atoms with van der Waals surface area (Å²) in [6.07, 6.45) is 3.92. The number of aliphatic hydroxyl groups is 1. The number of hydrogen-bond acceptors (Lipinski definition) is 3. The van der Waals surface area contributed by atoms with Gasteiger partial charge in [0.2, 0.25) is 11.4 Å². The van der Waals surface area contributed by atoms with Crippen LogP contribution in [0.3, 0.4) is 0 Å². The van der Waals surface area contributed by atoms with Crippen LogP contribution in [0, 0.1) is 0 Å². The van der Waals surface area contributed by atoms with Crippen molar-refractivity contribution in [3.8, 4) is 0 Å². The molecule has 1 aromatic heterocycles. The van der Waals surface area contributed by atoms with E-state index in [0.29, 0.717) is 11.1 Å². The number of aromatic nitrogens is 1. The van der Waals surface area contributed by atoms with E-state index >= 15 is 0 Å². The van der Waals surface area contributed by atoms with Crippen molar-refractivity contribution in [1.29, 1.82) is 0 Å². The topological polar surface area (TPSA) is 59.3 Å². The molecule has 2 aromatic rings. The van der Waals surface area contributed by atoms with Crippen LogP contribution >= 0.6 is 0 Å². The van der Waals surface area contributed by atoms with Gasteiger partial charge in [0.1, 0.15) is 0 Å². The first-order valence-corrected chi connectivity index (χ1v) is 7.00. The molecule has 0 spiro atoms. The molecule has 0 bridgehead atoms. The number of para-hydroxylation sites is 1. The summed E-state index contributed by atoms with van der Waals surface area (Å²) >= 11 is 0. The van der Waals surface area contributed by atoms with Crippen LogP contribution in [0.15, 0.2) is 18.2 Å². The molecule has 1 unspecified atom stereocenters. The number of nitrogens with zero attached hydrogens (tertiary/aromatic N) is 1. The highest BCUT2D eigenvalue weighted by Crippen LogP contribution is 2.38. The highest BCUT2D eigenvalue weighted by molar-refractivity contribution is 6.26. The van der Waals surface area contributed by atoms with Gasteiger partial charge in [-0.05, 0) is 44.2 Å². The summed E-state index contributed by atoms with van der Waals surface area (Å²) < 4.78 is 1.60. The first-order chi connectivity index (χ1) is 9.53. The molecule has 2 aliphatic rings. The van der Waals surface area contributed by atoms with Crippen molar-refractivity contribution in [1.82, 2.24) is 4.57 Å². The summed E-state index contributed by atoms with van der Waals surface area (Å²) in [5.41, 5.74) is 1.36. The molecule has 0 radical (unpaired) electrons. The highest BCUT2D eigenvalue weighted by Gasteiger charge is 2.47. The van der Waals surface area contributed by atoms with Crippen LogP contribution in [0.4, 0.5) is 0 Å². The second-order valence-corrected chi connectivity index (χ2v) is 5.88. The highest BCUT2D eigenvalue weighted by atomic mass is 16.3. The summed E-state index contributed by atoms with van der Waals surface area (Å²) in [5.74, 6) is -0.996. The Morgan fingerprint density at radius 1 is 1.20 bits per heavy atom. The molecule has 4 nitrogen and oxygen atoms in total. The Hall–Kier alpha value is -1.94. The fourth-order valence-electron chi connectivity index (χ4n) is 3.57. The number of hydrogen-bond donors (Lipinski definition) is 1. The van der Waals surface area contributed by atoms with Crippen molar-refractivity contribution in [2.24, 2.45) is 0 Å². The van der Waals surface area contributed by atoms with E-state index in [2.05, 4.69) is 0 Å². The third kappa shape index (κ3) is 1.20. The molecule has 2 heterocycles. The van der Waals surface area contributed by atoms with Crippen LogP contribution in [-0.4, -0.2) is 27.0 Å². The van der Waals surface area contributed by atoms with E-state index < -0.39 is 17.3 Å². The normalized spacial score (nSPS) is 25.1. The van der Waals surface area contributed by atoms with Gasteiger partial charge in [-0.1, -0.05) is 12.1 Å². The molecular weight excluding hydrogens is 254 g/mol. The molecular formula is C16H15NO3. The lowest BCUT2D eigenvalue weighted by Gasteiger charge is -2.28. The predicted octanol–water partition coefficient (Wildman–Crippen LogP) is 2.11. The Morgan fingerprint density at radius 3 is 2.75 bits per heavy atom. The molecule has 4 heteroatoms. The number of carbonyl (C=O) groups is 2. The van der Waals surface area contributed by atoms with Crippen molar-refractivity contribution in [2.75, 3.05) is 0 Å². The van der Waals surface area contributed by atoms with E-state index in [0.717, 1.165) is 36.8 Å². The molecule has 102 valence electrons. The van der Waals surface area contributed by atoms with Crippen molar-refractivity contribution in [3.05, 3.63) is 35.0 Å². The molecule has 1 atom stereocenters. The lowest BCUT2D eigenvalue weighted by Crippen LogP contribution is -2.50. The molecule has 0 amide bonds. The average Bonchev–Trinajstić information content (AvgIpc) is 2.79. The minimum absolute atomic E-state index is 0.460. The molecule has 0 saturated heterocycles.